The lowest BCUT2D eigenvalue weighted by atomic mass is 9.85. The van der Waals surface area contributed by atoms with Crippen LogP contribution in [0.25, 0.3) is 0 Å². The fraction of sp³-hybridized carbons (Fsp3) is 0.391. The number of rotatable bonds is 5. The molecule has 0 spiro atoms. The molecule has 2 aromatic carbocycles. The molecular formula is C23H25ClN2O3. The molecular weight excluding hydrogens is 388 g/mol. The number of imide groups is 1. The van der Waals surface area contributed by atoms with Gasteiger partial charge in [0.05, 0.1) is 12.0 Å². The molecule has 1 N–H and O–H groups in total. The van der Waals surface area contributed by atoms with E-state index in [0.29, 0.717) is 11.4 Å². The number of hydrogen-bond donors (Lipinski definition) is 1. The number of halogens is 1. The van der Waals surface area contributed by atoms with Gasteiger partial charge in [0.1, 0.15) is 6.61 Å². The molecule has 2 heterocycles. The molecule has 3 atom stereocenters. The number of nitrogens with one attached hydrogen (secondary N) is 1. The highest BCUT2D eigenvalue weighted by atomic mass is 35.5. The Morgan fingerprint density at radius 2 is 1.90 bits per heavy atom. The first-order chi connectivity index (χ1) is 14.1. The van der Waals surface area contributed by atoms with Crippen molar-refractivity contribution in [2.75, 3.05) is 13.2 Å². The average Bonchev–Trinajstić information content (AvgIpc) is 3.11. The number of carbonyl (C=O) groups excluding carboxylic acids is 2. The first-order valence-corrected chi connectivity index (χ1v) is 10.5. The zero-order valence-electron chi connectivity index (χ0n) is 16.2. The van der Waals surface area contributed by atoms with Gasteiger partial charge in [-0.2, -0.15) is 0 Å². The summed E-state index contributed by atoms with van der Waals surface area (Å²) in [6.45, 7) is 1.10. The number of amides is 2. The molecule has 2 saturated heterocycles. The summed E-state index contributed by atoms with van der Waals surface area (Å²) >= 11 is 6.06. The molecule has 2 aliphatic heterocycles. The van der Waals surface area contributed by atoms with E-state index in [4.69, 9.17) is 16.3 Å². The van der Waals surface area contributed by atoms with E-state index in [2.05, 4.69) is 5.32 Å². The number of ether oxygens (including phenoxy) is 1. The van der Waals surface area contributed by atoms with Gasteiger partial charge in [-0.3, -0.25) is 4.79 Å². The van der Waals surface area contributed by atoms with Crippen molar-refractivity contribution in [1.82, 2.24) is 10.2 Å². The van der Waals surface area contributed by atoms with Gasteiger partial charge in [0, 0.05) is 11.1 Å². The van der Waals surface area contributed by atoms with Crippen LogP contribution in [0.2, 0.25) is 5.02 Å². The lowest BCUT2D eigenvalue weighted by Gasteiger charge is -2.33. The van der Waals surface area contributed by atoms with Gasteiger partial charge in [-0.15, -0.1) is 0 Å². The van der Waals surface area contributed by atoms with Gasteiger partial charge in [0.2, 0.25) is 5.91 Å². The Morgan fingerprint density at radius 1 is 1.14 bits per heavy atom. The molecule has 29 heavy (non-hydrogen) atoms. The fourth-order valence-electron chi connectivity index (χ4n) is 4.30. The predicted octanol–water partition coefficient (Wildman–Crippen LogP) is 4.16. The highest BCUT2D eigenvalue weighted by Gasteiger charge is 2.43. The van der Waals surface area contributed by atoms with Gasteiger partial charge in [-0.1, -0.05) is 60.5 Å². The minimum Gasteiger partial charge on any atom is -0.447 e. The van der Waals surface area contributed by atoms with Crippen LogP contribution in [0.1, 0.15) is 36.3 Å². The number of carbonyl (C=O) groups is 2. The fourth-order valence-corrected chi connectivity index (χ4v) is 4.42. The number of hydrogen-bond acceptors (Lipinski definition) is 4. The second kappa shape index (κ2) is 8.97. The van der Waals surface area contributed by atoms with Crippen LogP contribution in [0.15, 0.2) is 54.6 Å². The van der Waals surface area contributed by atoms with Gasteiger partial charge in [0.15, 0.2) is 0 Å². The molecule has 0 aromatic heterocycles. The van der Waals surface area contributed by atoms with Crippen LogP contribution < -0.4 is 5.32 Å². The van der Waals surface area contributed by atoms with Crippen molar-refractivity contribution in [3.8, 4) is 0 Å². The zero-order chi connectivity index (χ0) is 20.2. The molecule has 0 bridgehead atoms. The number of piperidine rings is 1. The molecule has 152 valence electrons. The van der Waals surface area contributed by atoms with Crippen LogP contribution in [-0.2, 0) is 16.0 Å². The summed E-state index contributed by atoms with van der Waals surface area (Å²) in [6.07, 6.45) is 3.09. The Balaban J connectivity index is 1.62. The number of nitrogens with zero attached hydrogens (tertiary/aromatic N) is 1. The maximum Gasteiger partial charge on any atom is 0.417 e. The molecule has 0 radical (unpaired) electrons. The normalized spacial score (nSPS) is 22.9. The zero-order valence-corrected chi connectivity index (χ0v) is 17.0. The summed E-state index contributed by atoms with van der Waals surface area (Å²) in [5.74, 6) is -0.647. The standard InChI is InChI=1S/C23H25ClN2O3/c24-18-11-9-17(10-12-18)21(20-8-4-5-13-25-20)22(27)26-19(15-29-23(26)28)14-16-6-2-1-3-7-16/h1-3,6-7,9-12,19-21,25H,4-5,8,13-15H2/t19-,20?,21+/m1/s1. The minimum absolute atomic E-state index is 0.0109. The van der Waals surface area contributed by atoms with E-state index in [9.17, 15) is 9.59 Å². The highest BCUT2D eigenvalue weighted by Crippen LogP contribution is 2.31. The van der Waals surface area contributed by atoms with Crippen molar-refractivity contribution in [1.29, 1.82) is 0 Å². The molecule has 6 heteroatoms. The summed E-state index contributed by atoms with van der Waals surface area (Å²) in [7, 11) is 0. The van der Waals surface area contributed by atoms with Crippen LogP contribution in [0.5, 0.6) is 0 Å². The molecule has 0 saturated carbocycles. The van der Waals surface area contributed by atoms with E-state index in [-0.39, 0.29) is 24.6 Å². The lowest BCUT2D eigenvalue weighted by Crippen LogP contribution is -2.49. The smallest absolute Gasteiger partial charge is 0.417 e. The van der Waals surface area contributed by atoms with Gasteiger partial charge < -0.3 is 10.1 Å². The molecule has 2 aromatic rings. The summed E-state index contributed by atoms with van der Waals surface area (Å²) in [4.78, 5) is 27.6. The van der Waals surface area contributed by atoms with Crippen molar-refractivity contribution in [2.24, 2.45) is 0 Å². The number of cyclic esters (lactones) is 1. The third kappa shape index (κ3) is 4.46. The lowest BCUT2D eigenvalue weighted by molar-refractivity contribution is -0.131. The van der Waals surface area contributed by atoms with Crippen LogP contribution in [0.4, 0.5) is 4.79 Å². The van der Waals surface area contributed by atoms with Gasteiger partial charge >= 0.3 is 6.09 Å². The van der Waals surface area contributed by atoms with Crippen LogP contribution in [0, 0.1) is 0 Å². The van der Waals surface area contributed by atoms with Crippen LogP contribution in [0.3, 0.4) is 0 Å². The van der Waals surface area contributed by atoms with Crippen molar-refractivity contribution in [2.45, 2.75) is 43.7 Å². The molecule has 1 unspecified atom stereocenters. The third-order valence-corrected chi connectivity index (χ3v) is 6.01. The Kier molecular flexibility index (Phi) is 6.16. The van der Waals surface area contributed by atoms with E-state index >= 15 is 0 Å². The molecule has 5 nitrogen and oxygen atoms in total. The quantitative estimate of drug-likeness (QED) is 0.801. The maximum absolute atomic E-state index is 13.7. The summed E-state index contributed by atoms with van der Waals surface area (Å²) in [5.41, 5.74) is 1.95. The first kappa shape index (κ1) is 19.9. The maximum atomic E-state index is 13.7. The summed E-state index contributed by atoms with van der Waals surface area (Å²) in [6, 6.07) is 16.9. The van der Waals surface area contributed by atoms with Crippen LogP contribution in [-0.4, -0.2) is 42.1 Å². The third-order valence-electron chi connectivity index (χ3n) is 5.76. The predicted molar refractivity (Wildman–Crippen MR) is 112 cm³/mol. The SMILES string of the molecule is O=C1OC[C@@H](Cc2ccccc2)N1C(=O)[C@@H](c1ccc(Cl)cc1)C1CCCCN1. The molecule has 2 aliphatic rings. The monoisotopic (exact) mass is 412 g/mol. The highest BCUT2D eigenvalue weighted by molar-refractivity contribution is 6.30. The van der Waals surface area contributed by atoms with Crippen molar-refractivity contribution in [3.05, 3.63) is 70.7 Å². The second-order valence-corrected chi connectivity index (χ2v) is 8.15. The summed E-state index contributed by atoms with van der Waals surface area (Å²) < 4.78 is 5.29. The topological polar surface area (TPSA) is 58.6 Å². The van der Waals surface area contributed by atoms with Gasteiger partial charge in [0.25, 0.3) is 0 Å². The van der Waals surface area contributed by atoms with E-state index in [0.717, 1.165) is 36.9 Å². The minimum atomic E-state index is -0.550. The van der Waals surface area contributed by atoms with Gasteiger partial charge in [-0.25, -0.2) is 9.69 Å². The average molecular weight is 413 g/mol. The Morgan fingerprint density at radius 3 is 2.59 bits per heavy atom. The van der Waals surface area contributed by atoms with E-state index in [1.807, 2.05) is 42.5 Å². The summed E-state index contributed by atoms with van der Waals surface area (Å²) in [5, 5.41) is 4.11. The second-order valence-electron chi connectivity index (χ2n) is 7.71. The molecule has 0 aliphatic carbocycles. The van der Waals surface area contributed by atoms with Gasteiger partial charge in [-0.05, 0) is 49.1 Å². The van der Waals surface area contributed by atoms with Crippen molar-refractivity contribution in [3.63, 3.8) is 0 Å². The Hall–Kier alpha value is -2.37. The Bertz CT molecular complexity index is 850. The van der Waals surface area contributed by atoms with Crippen molar-refractivity contribution >= 4 is 23.6 Å². The largest absolute Gasteiger partial charge is 0.447 e. The number of benzene rings is 2. The molecule has 2 amide bonds. The Labute approximate surface area is 176 Å². The van der Waals surface area contributed by atoms with Crippen LogP contribution >= 0.6 is 11.6 Å². The van der Waals surface area contributed by atoms with E-state index in [1.165, 1.54) is 4.90 Å². The van der Waals surface area contributed by atoms with E-state index < -0.39 is 12.0 Å². The molecule has 4 rings (SSSR count). The first-order valence-electron chi connectivity index (χ1n) is 10.2. The van der Waals surface area contributed by atoms with E-state index in [1.54, 1.807) is 12.1 Å². The van der Waals surface area contributed by atoms with Crippen molar-refractivity contribution < 1.29 is 14.3 Å². The molecule has 2 fully saturated rings.